The summed E-state index contributed by atoms with van der Waals surface area (Å²) in [4.78, 5) is 26.5. The highest BCUT2D eigenvalue weighted by Gasteiger charge is 2.19. The summed E-state index contributed by atoms with van der Waals surface area (Å²) in [5.74, 6) is 0.749. The fourth-order valence-corrected chi connectivity index (χ4v) is 4.15. The Kier molecular flexibility index (Phi) is 4.87. The first kappa shape index (κ1) is 16.6. The predicted molar refractivity (Wildman–Crippen MR) is 96.4 cm³/mol. The van der Waals surface area contributed by atoms with E-state index in [0.29, 0.717) is 11.6 Å². The fraction of sp³-hybridized carbons (Fsp3) is 0.500. The molecule has 5 nitrogen and oxygen atoms in total. The zero-order valence-corrected chi connectivity index (χ0v) is 15.1. The van der Waals surface area contributed by atoms with Gasteiger partial charge in [-0.25, -0.2) is 4.98 Å². The minimum atomic E-state index is -0.0241. The average molecular weight is 353 g/mol. The highest BCUT2D eigenvalue weighted by Crippen LogP contribution is 2.25. The van der Waals surface area contributed by atoms with Crippen molar-refractivity contribution < 1.29 is 0 Å². The summed E-state index contributed by atoms with van der Waals surface area (Å²) >= 11 is 7.46. The van der Waals surface area contributed by atoms with Crippen LogP contribution in [0.4, 0.5) is 0 Å². The Morgan fingerprint density at radius 1 is 1.30 bits per heavy atom. The highest BCUT2D eigenvalue weighted by atomic mass is 35.5. The molecule has 2 aromatic heterocycles. The number of aromatic nitrogens is 2. The Bertz CT molecular complexity index is 789. The van der Waals surface area contributed by atoms with Crippen molar-refractivity contribution in [2.75, 3.05) is 32.7 Å². The van der Waals surface area contributed by atoms with E-state index >= 15 is 0 Å². The molecule has 0 aliphatic carbocycles. The second kappa shape index (κ2) is 6.73. The van der Waals surface area contributed by atoms with Gasteiger partial charge in [-0.15, -0.1) is 11.3 Å². The lowest BCUT2D eigenvalue weighted by molar-refractivity contribution is 0.134. The first-order valence-corrected chi connectivity index (χ1v) is 8.90. The summed E-state index contributed by atoms with van der Waals surface area (Å²) in [5.41, 5.74) is 1.02. The number of fused-ring (bicyclic) bond motifs is 1. The molecule has 2 aromatic rings. The van der Waals surface area contributed by atoms with E-state index in [9.17, 15) is 4.79 Å². The monoisotopic (exact) mass is 352 g/mol. The molecule has 7 heteroatoms. The molecule has 0 bridgehead atoms. The van der Waals surface area contributed by atoms with Crippen LogP contribution in [0.2, 0.25) is 0 Å². The van der Waals surface area contributed by atoms with Crippen molar-refractivity contribution in [2.24, 2.45) is 0 Å². The number of aryl methyl sites for hydroxylation is 2. The maximum absolute atomic E-state index is 12.3. The average Bonchev–Trinajstić information content (AvgIpc) is 2.76. The van der Waals surface area contributed by atoms with Gasteiger partial charge in [-0.2, -0.15) is 0 Å². The van der Waals surface area contributed by atoms with E-state index in [4.69, 9.17) is 11.6 Å². The van der Waals surface area contributed by atoms with E-state index in [1.165, 1.54) is 0 Å². The van der Waals surface area contributed by atoms with Crippen LogP contribution in [0.3, 0.4) is 0 Å². The van der Waals surface area contributed by atoms with E-state index in [-0.39, 0.29) is 5.56 Å². The third-order valence-corrected chi connectivity index (χ3v) is 5.54. The van der Waals surface area contributed by atoms with E-state index in [1.54, 1.807) is 11.3 Å². The topological polar surface area (TPSA) is 52.2 Å². The Morgan fingerprint density at radius 3 is 2.61 bits per heavy atom. The Balaban J connectivity index is 1.71. The second-order valence-corrected chi connectivity index (χ2v) is 7.78. The van der Waals surface area contributed by atoms with Crippen molar-refractivity contribution in [3.63, 3.8) is 0 Å². The molecule has 3 rings (SSSR count). The smallest absolute Gasteiger partial charge is 0.259 e. The number of nitrogens with one attached hydrogen (secondary N) is 1. The zero-order chi connectivity index (χ0) is 16.6. The number of nitrogens with zero attached hydrogens (tertiary/aromatic N) is 3. The van der Waals surface area contributed by atoms with Gasteiger partial charge < -0.3 is 4.98 Å². The molecule has 0 radical (unpaired) electrons. The molecule has 0 spiro atoms. The van der Waals surface area contributed by atoms with E-state index in [1.807, 2.05) is 13.8 Å². The summed E-state index contributed by atoms with van der Waals surface area (Å²) < 4.78 is 0. The molecular weight excluding hydrogens is 332 g/mol. The number of aromatic amines is 1. The third kappa shape index (κ3) is 3.66. The Hall–Kier alpha value is -1.21. The highest BCUT2D eigenvalue weighted by molar-refractivity contribution is 7.18. The maximum atomic E-state index is 12.3. The zero-order valence-electron chi connectivity index (χ0n) is 13.5. The summed E-state index contributed by atoms with van der Waals surface area (Å²) in [6.07, 6.45) is 0. The van der Waals surface area contributed by atoms with Gasteiger partial charge in [0.1, 0.15) is 10.7 Å². The van der Waals surface area contributed by atoms with Gasteiger partial charge in [-0.05, 0) is 19.4 Å². The standard InChI is InChI=1S/C16H21ClN4OS/c1-10(17)8-20-4-6-21(7-5-20)9-13-18-15(22)14-11(2)12(3)23-16(14)19-13/h1,4-9H2,2-3H3,(H,18,19,22). The summed E-state index contributed by atoms with van der Waals surface area (Å²) in [5, 5.41) is 1.42. The lowest BCUT2D eigenvalue weighted by atomic mass is 10.2. The molecule has 0 amide bonds. The Labute approximate surface area is 144 Å². The van der Waals surface area contributed by atoms with E-state index in [2.05, 4.69) is 26.3 Å². The fourth-order valence-electron chi connectivity index (χ4n) is 2.93. The molecule has 1 saturated heterocycles. The van der Waals surface area contributed by atoms with Gasteiger partial charge in [-0.3, -0.25) is 14.6 Å². The molecule has 1 aliphatic rings. The normalized spacial score (nSPS) is 17.0. The molecule has 3 heterocycles. The molecule has 0 aromatic carbocycles. The largest absolute Gasteiger partial charge is 0.309 e. The van der Waals surface area contributed by atoms with Crippen molar-refractivity contribution >= 4 is 33.2 Å². The van der Waals surface area contributed by atoms with Crippen LogP contribution in [0.5, 0.6) is 0 Å². The van der Waals surface area contributed by atoms with Crippen LogP contribution in [-0.4, -0.2) is 52.5 Å². The van der Waals surface area contributed by atoms with Crippen molar-refractivity contribution in [1.29, 1.82) is 0 Å². The lowest BCUT2D eigenvalue weighted by Gasteiger charge is -2.34. The summed E-state index contributed by atoms with van der Waals surface area (Å²) in [7, 11) is 0. The number of H-pyrrole nitrogens is 1. The van der Waals surface area contributed by atoms with Crippen molar-refractivity contribution in [3.8, 4) is 0 Å². The summed E-state index contributed by atoms with van der Waals surface area (Å²) in [6.45, 7) is 13.0. The third-order valence-electron chi connectivity index (χ3n) is 4.32. The van der Waals surface area contributed by atoms with Gasteiger partial charge in [0.25, 0.3) is 5.56 Å². The molecular formula is C16H21ClN4OS. The van der Waals surface area contributed by atoms with Gasteiger partial charge in [-0.1, -0.05) is 18.2 Å². The van der Waals surface area contributed by atoms with Crippen LogP contribution >= 0.6 is 22.9 Å². The van der Waals surface area contributed by atoms with Gasteiger partial charge in [0, 0.05) is 42.6 Å². The number of halogens is 1. The van der Waals surface area contributed by atoms with Crippen LogP contribution in [-0.2, 0) is 6.54 Å². The van der Waals surface area contributed by atoms with Gasteiger partial charge in [0.15, 0.2) is 0 Å². The molecule has 0 atom stereocenters. The summed E-state index contributed by atoms with van der Waals surface area (Å²) in [6, 6.07) is 0. The number of hydrogen-bond acceptors (Lipinski definition) is 5. The van der Waals surface area contributed by atoms with Gasteiger partial charge in [0.2, 0.25) is 0 Å². The van der Waals surface area contributed by atoms with Crippen LogP contribution < -0.4 is 5.56 Å². The van der Waals surface area contributed by atoms with Crippen molar-refractivity contribution in [2.45, 2.75) is 20.4 Å². The maximum Gasteiger partial charge on any atom is 0.259 e. The minimum absolute atomic E-state index is 0.0241. The quantitative estimate of drug-likeness (QED) is 0.918. The second-order valence-electron chi connectivity index (χ2n) is 6.05. The Morgan fingerprint density at radius 2 is 1.96 bits per heavy atom. The minimum Gasteiger partial charge on any atom is -0.309 e. The lowest BCUT2D eigenvalue weighted by Crippen LogP contribution is -2.46. The van der Waals surface area contributed by atoms with Crippen LogP contribution in [0.1, 0.15) is 16.3 Å². The predicted octanol–water partition coefficient (Wildman–Crippen LogP) is 2.47. The van der Waals surface area contributed by atoms with E-state index in [0.717, 1.165) is 59.2 Å². The van der Waals surface area contributed by atoms with E-state index < -0.39 is 0 Å². The van der Waals surface area contributed by atoms with Gasteiger partial charge in [0.05, 0.1) is 11.9 Å². The molecule has 23 heavy (non-hydrogen) atoms. The first-order chi connectivity index (χ1) is 10.9. The van der Waals surface area contributed by atoms with Crippen molar-refractivity contribution in [3.05, 3.63) is 38.2 Å². The molecule has 1 aliphatic heterocycles. The first-order valence-electron chi connectivity index (χ1n) is 7.71. The van der Waals surface area contributed by atoms with Crippen LogP contribution in [0.25, 0.3) is 10.2 Å². The number of thiophene rings is 1. The molecule has 1 fully saturated rings. The number of hydrogen-bond donors (Lipinski definition) is 1. The van der Waals surface area contributed by atoms with Gasteiger partial charge >= 0.3 is 0 Å². The van der Waals surface area contributed by atoms with Crippen LogP contribution in [0.15, 0.2) is 16.4 Å². The number of piperazine rings is 1. The SMILES string of the molecule is C=C(Cl)CN1CCN(Cc2nc3sc(C)c(C)c3c(=O)[nH]2)CC1. The molecule has 0 unspecified atom stereocenters. The number of rotatable bonds is 4. The molecule has 1 N–H and O–H groups in total. The molecule has 124 valence electrons. The van der Waals surface area contributed by atoms with Crippen molar-refractivity contribution in [1.82, 2.24) is 19.8 Å². The van der Waals surface area contributed by atoms with Crippen LogP contribution in [0, 0.1) is 13.8 Å². The molecule has 0 saturated carbocycles.